The van der Waals surface area contributed by atoms with Crippen molar-refractivity contribution in [2.75, 3.05) is 9.62 Å². The number of rotatable bonds is 1. The maximum absolute atomic E-state index is 6.67. The Kier molecular flexibility index (Phi) is 3.84. The highest BCUT2D eigenvalue weighted by Gasteiger charge is 2.53. The molecule has 7 heteroatoms. The van der Waals surface area contributed by atoms with E-state index in [1.807, 2.05) is 17.4 Å². The van der Waals surface area contributed by atoms with E-state index in [2.05, 4.69) is 123 Å². The van der Waals surface area contributed by atoms with E-state index in [4.69, 9.17) is 9.40 Å². The molecule has 2 aliphatic rings. The summed E-state index contributed by atoms with van der Waals surface area (Å²) in [6, 6.07) is 40.9. The maximum Gasteiger partial charge on any atom is 0.461 e. The van der Waals surface area contributed by atoms with Crippen molar-refractivity contribution in [1.29, 1.82) is 0 Å². The number of hydrogen-bond acceptors (Lipinski definition) is 5. The minimum Gasteiger partial charge on any atom is -0.439 e. The van der Waals surface area contributed by atoms with Gasteiger partial charge in [-0.2, -0.15) is 0 Å². The Morgan fingerprint density at radius 2 is 1.40 bits per heavy atom. The van der Waals surface area contributed by atoms with Gasteiger partial charge < -0.3 is 14.0 Å². The zero-order valence-corrected chi connectivity index (χ0v) is 22.0. The topological polar surface area (TPSA) is 37.4 Å². The molecule has 40 heavy (non-hydrogen) atoms. The van der Waals surface area contributed by atoms with Crippen molar-refractivity contribution in [3.8, 4) is 5.69 Å². The second-order valence-electron chi connectivity index (χ2n) is 10.4. The largest absolute Gasteiger partial charge is 0.461 e. The summed E-state index contributed by atoms with van der Waals surface area (Å²) in [6.07, 6.45) is 0. The lowest BCUT2D eigenvalue weighted by molar-refractivity contribution is 0.627. The van der Waals surface area contributed by atoms with Crippen molar-refractivity contribution in [3.05, 3.63) is 115 Å². The molecule has 0 saturated carbocycles. The van der Waals surface area contributed by atoms with Crippen LogP contribution >= 0.6 is 11.3 Å². The van der Waals surface area contributed by atoms with Crippen molar-refractivity contribution in [3.63, 3.8) is 0 Å². The number of benzene rings is 5. The first-order valence-electron chi connectivity index (χ1n) is 13.4. The summed E-state index contributed by atoms with van der Waals surface area (Å²) < 4.78 is 11.6. The molecule has 0 atom stereocenters. The summed E-state index contributed by atoms with van der Waals surface area (Å²) >= 11 is 1.84. The van der Waals surface area contributed by atoms with E-state index in [1.54, 1.807) is 0 Å². The van der Waals surface area contributed by atoms with Gasteiger partial charge in [0.15, 0.2) is 0 Å². The van der Waals surface area contributed by atoms with Crippen LogP contribution in [0.3, 0.4) is 0 Å². The molecule has 8 aromatic rings. The predicted molar refractivity (Wildman–Crippen MR) is 166 cm³/mol. The molecule has 0 fully saturated rings. The van der Waals surface area contributed by atoms with E-state index in [9.17, 15) is 0 Å². The molecule has 2 aliphatic heterocycles. The van der Waals surface area contributed by atoms with Gasteiger partial charge in [-0.05, 0) is 60.7 Å². The number of aromatic nitrogens is 2. The van der Waals surface area contributed by atoms with Gasteiger partial charge in [-0.25, -0.2) is 4.98 Å². The van der Waals surface area contributed by atoms with Gasteiger partial charge in [0.25, 0.3) is 0 Å². The molecule has 5 heterocycles. The normalized spacial score (nSPS) is 13.8. The van der Waals surface area contributed by atoms with E-state index >= 15 is 0 Å². The summed E-state index contributed by atoms with van der Waals surface area (Å²) in [7, 11) is 0. The highest BCUT2D eigenvalue weighted by atomic mass is 32.1. The van der Waals surface area contributed by atoms with Crippen LogP contribution in [0.5, 0.6) is 0 Å². The molecule has 0 bridgehead atoms. The Balaban J connectivity index is 1.33. The first kappa shape index (κ1) is 20.9. The van der Waals surface area contributed by atoms with Crippen LogP contribution in [0.2, 0.25) is 0 Å². The molecule has 0 unspecified atom stereocenters. The third-order valence-electron chi connectivity index (χ3n) is 8.34. The first-order chi connectivity index (χ1) is 19.8. The number of nitrogens with zero attached hydrogens (tertiary/aromatic N) is 4. The third kappa shape index (κ3) is 2.51. The Labute approximate surface area is 233 Å². The summed E-state index contributed by atoms with van der Waals surface area (Å²) in [6.45, 7) is -0.206. The number of para-hydroxylation sites is 5. The van der Waals surface area contributed by atoms with Crippen LogP contribution in [0.15, 0.2) is 120 Å². The average Bonchev–Trinajstić information content (AvgIpc) is 3.75. The molecule has 0 spiro atoms. The Hall–Kier alpha value is -5.01. The summed E-state index contributed by atoms with van der Waals surface area (Å²) in [5, 5.41) is 3.66. The first-order valence-corrected chi connectivity index (χ1v) is 14.2. The van der Waals surface area contributed by atoms with E-state index in [-0.39, 0.29) is 6.98 Å². The van der Waals surface area contributed by atoms with Gasteiger partial charge in [0.2, 0.25) is 5.88 Å². The fraction of sp³-hybridized carbons (Fsp3) is 0. The predicted octanol–water partition coefficient (Wildman–Crippen LogP) is 8.14. The smallest absolute Gasteiger partial charge is 0.439 e. The van der Waals surface area contributed by atoms with Gasteiger partial charge in [-0.1, -0.05) is 54.6 Å². The van der Waals surface area contributed by atoms with Crippen molar-refractivity contribution in [2.45, 2.75) is 0 Å². The zero-order chi connectivity index (χ0) is 25.9. The Bertz CT molecular complexity index is 2330. The standard InChI is InChI=1S/C33H19BN4OS/c1-7-15-28-22(10-1)31-32(39-28)38-27-14-6-5-13-26(27)36-25-12-4-3-11-24(25)35-33(36)34(38)37(31)20-17-18-30-23(19-20)21-9-2-8-16-29(21)40-30/h1-19H. The van der Waals surface area contributed by atoms with Gasteiger partial charge in [0.05, 0.1) is 22.4 Å². The molecule has 5 nitrogen and oxygen atoms in total. The number of fused-ring (bicyclic) bond motifs is 15. The second-order valence-corrected chi connectivity index (χ2v) is 11.5. The lowest BCUT2D eigenvalue weighted by Crippen LogP contribution is -2.59. The third-order valence-corrected chi connectivity index (χ3v) is 9.49. The van der Waals surface area contributed by atoms with Crippen molar-refractivity contribution >= 4 is 89.2 Å². The molecule has 0 radical (unpaired) electrons. The van der Waals surface area contributed by atoms with Gasteiger partial charge in [-0.3, -0.25) is 4.57 Å². The van der Waals surface area contributed by atoms with E-state index in [0.29, 0.717) is 0 Å². The van der Waals surface area contributed by atoms with Crippen LogP contribution in [0.25, 0.3) is 47.9 Å². The molecular formula is C33H19BN4OS. The lowest BCUT2D eigenvalue weighted by atomic mass is 9.69. The van der Waals surface area contributed by atoms with Crippen molar-refractivity contribution in [1.82, 2.24) is 9.55 Å². The molecule has 5 aromatic carbocycles. The van der Waals surface area contributed by atoms with Crippen molar-refractivity contribution in [2.24, 2.45) is 0 Å². The Morgan fingerprint density at radius 1 is 0.650 bits per heavy atom. The highest BCUT2D eigenvalue weighted by Crippen LogP contribution is 2.54. The Morgan fingerprint density at radius 3 is 2.35 bits per heavy atom. The fourth-order valence-electron chi connectivity index (χ4n) is 6.70. The molecule has 0 aliphatic carbocycles. The van der Waals surface area contributed by atoms with Crippen LogP contribution in [0.4, 0.5) is 22.9 Å². The molecule has 0 amide bonds. The molecule has 10 rings (SSSR count). The van der Waals surface area contributed by atoms with Crippen LogP contribution in [0.1, 0.15) is 0 Å². The van der Waals surface area contributed by atoms with E-state index in [0.717, 1.165) is 56.4 Å². The molecule has 186 valence electrons. The van der Waals surface area contributed by atoms with Gasteiger partial charge in [0, 0.05) is 31.2 Å². The van der Waals surface area contributed by atoms with Crippen LogP contribution in [-0.4, -0.2) is 16.5 Å². The minimum atomic E-state index is -0.206. The second kappa shape index (κ2) is 7.34. The number of hydrogen-bond donors (Lipinski definition) is 0. The molecular weight excluding hydrogens is 511 g/mol. The van der Waals surface area contributed by atoms with Crippen molar-refractivity contribution < 1.29 is 4.42 Å². The van der Waals surface area contributed by atoms with Gasteiger partial charge >= 0.3 is 6.98 Å². The molecule has 0 N–H and O–H groups in total. The number of imidazole rings is 1. The quantitative estimate of drug-likeness (QED) is 0.201. The number of thiophene rings is 1. The lowest BCUT2D eigenvalue weighted by Gasteiger charge is -2.34. The average molecular weight is 530 g/mol. The van der Waals surface area contributed by atoms with E-state index in [1.165, 1.54) is 20.2 Å². The van der Waals surface area contributed by atoms with E-state index < -0.39 is 0 Å². The zero-order valence-electron chi connectivity index (χ0n) is 21.2. The molecule has 3 aromatic heterocycles. The monoisotopic (exact) mass is 530 g/mol. The fourth-order valence-corrected chi connectivity index (χ4v) is 7.78. The summed E-state index contributed by atoms with van der Waals surface area (Å²) in [5.41, 5.74) is 8.37. The number of anilines is 4. The maximum atomic E-state index is 6.67. The summed E-state index contributed by atoms with van der Waals surface area (Å²) in [4.78, 5) is 10.0. The van der Waals surface area contributed by atoms with Gasteiger partial charge in [-0.15, -0.1) is 11.3 Å². The minimum absolute atomic E-state index is 0.206. The van der Waals surface area contributed by atoms with Crippen LogP contribution < -0.4 is 15.3 Å². The number of furan rings is 1. The summed E-state index contributed by atoms with van der Waals surface area (Å²) in [5.74, 6) is 0.854. The van der Waals surface area contributed by atoms with Crippen LogP contribution in [-0.2, 0) is 0 Å². The molecule has 0 saturated heterocycles. The highest BCUT2D eigenvalue weighted by molar-refractivity contribution is 7.25. The van der Waals surface area contributed by atoms with Crippen LogP contribution in [0, 0.1) is 0 Å². The van der Waals surface area contributed by atoms with Gasteiger partial charge in [0.1, 0.15) is 17.0 Å². The SMILES string of the molecule is c1ccc2c(c1)N1B(c3nc4ccccc4n3-2)N(c2ccc3sc4ccccc4c3c2)c2c1oc1ccccc21.